The van der Waals surface area contributed by atoms with Gasteiger partial charge in [-0.25, -0.2) is 0 Å². The van der Waals surface area contributed by atoms with E-state index in [2.05, 4.69) is 20.5 Å². The lowest BCUT2D eigenvalue weighted by atomic mass is 10.2. The zero-order valence-electron chi connectivity index (χ0n) is 20.2. The summed E-state index contributed by atoms with van der Waals surface area (Å²) in [5.41, 5.74) is 4.79. The first-order chi connectivity index (χ1) is 18.2. The van der Waals surface area contributed by atoms with E-state index < -0.39 is 0 Å². The molecule has 2 aromatic heterocycles. The molecule has 0 saturated heterocycles. The molecule has 2 heterocycles. The Kier molecular flexibility index (Phi) is 7.57. The number of nitrogens with zero attached hydrogens (tertiary/aromatic N) is 4. The number of ether oxygens (including phenoxy) is 1. The lowest BCUT2D eigenvalue weighted by Crippen LogP contribution is -2.14. The molecule has 0 saturated carbocycles. The first-order valence-electron chi connectivity index (χ1n) is 11.8. The molecule has 5 aromatic rings. The van der Waals surface area contributed by atoms with Gasteiger partial charge in [-0.05, 0) is 61.0 Å². The van der Waals surface area contributed by atoms with Gasteiger partial charge in [0.1, 0.15) is 12.4 Å². The minimum absolute atomic E-state index is 0.133. The Morgan fingerprint density at radius 1 is 0.892 bits per heavy atom. The molecule has 0 radical (unpaired) electrons. The van der Waals surface area contributed by atoms with Crippen molar-refractivity contribution in [2.45, 2.75) is 18.7 Å². The van der Waals surface area contributed by atoms with Crippen molar-refractivity contribution < 1.29 is 9.53 Å². The summed E-state index contributed by atoms with van der Waals surface area (Å²) in [5.74, 6) is 1.49. The van der Waals surface area contributed by atoms with Gasteiger partial charge in [0, 0.05) is 29.3 Å². The van der Waals surface area contributed by atoms with Crippen LogP contribution in [0.3, 0.4) is 0 Å². The van der Waals surface area contributed by atoms with Crippen LogP contribution in [-0.2, 0) is 11.4 Å². The minimum Gasteiger partial charge on any atom is -0.489 e. The number of carbonyl (C=O) groups excluding carboxylic acids is 1. The zero-order chi connectivity index (χ0) is 25.5. The van der Waals surface area contributed by atoms with Crippen molar-refractivity contribution in [3.8, 4) is 22.8 Å². The van der Waals surface area contributed by atoms with Crippen molar-refractivity contribution in [1.82, 2.24) is 19.7 Å². The largest absolute Gasteiger partial charge is 0.489 e. The topological polar surface area (TPSA) is 81.9 Å². The smallest absolute Gasteiger partial charge is 0.234 e. The number of rotatable bonds is 9. The molecule has 0 fully saturated rings. The molecule has 0 aliphatic heterocycles. The van der Waals surface area contributed by atoms with Crippen molar-refractivity contribution in [3.05, 3.63) is 115 Å². The normalized spacial score (nSPS) is 10.7. The van der Waals surface area contributed by atoms with Crippen LogP contribution in [0, 0.1) is 6.92 Å². The Hall–Kier alpha value is -4.43. The van der Waals surface area contributed by atoms with Gasteiger partial charge in [-0.15, -0.1) is 10.2 Å². The van der Waals surface area contributed by atoms with Gasteiger partial charge < -0.3 is 10.1 Å². The van der Waals surface area contributed by atoms with Crippen LogP contribution in [0.5, 0.6) is 5.75 Å². The number of amides is 1. The van der Waals surface area contributed by atoms with Crippen LogP contribution < -0.4 is 10.1 Å². The number of benzene rings is 3. The predicted molar refractivity (Wildman–Crippen MR) is 146 cm³/mol. The summed E-state index contributed by atoms with van der Waals surface area (Å²) < 4.78 is 7.78. The molecule has 0 unspecified atom stereocenters. The summed E-state index contributed by atoms with van der Waals surface area (Å²) >= 11 is 1.33. The molecule has 1 N–H and O–H groups in total. The van der Waals surface area contributed by atoms with Crippen LogP contribution in [0.2, 0.25) is 0 Å². The Balaban J connectivity index is 1.24. The summed E-state index contributed by atoms with van der Waals surface area (Å²) in [4.78, 5) is 16.8. The molecule has 5 rings (SSSR count). The summed E-state index contributed by atoms with van der Waals surface area (Å²) in [7, 11) is 0. The molecule has 0 spiro atoms. The molecule has 3 aromatic carbocycles. The van der Waals surface area contributed by atoms with Crippen LogP contribution in [0.25, 0.3) is 17.1 Å². The lowest BCUT2D eigenvalue weighted by Gasteiger charge is -2.11. The highest BCUT2D eigenvalue weighted by Gasteiger charge is 2.17. The number of thioether (sulfide) groups is 1. The van der Waals surface area contributed by atoms with Crippen LogP contribution in [0.4, 0.5) is 5.69 Å². The average molecular weight is 508 g/mol. The molecule has 0 atom stereocenters. The molecule has 184 valence electrons. The van der Waals surface area contributed by atoms with E-state index in [9.17, 15) is 4.79 Å². The number of aryl methyl sites for hydroxylation is 1. The maximum Gasteiger partial charge on any atom is 0.234 e. The highest BCUT2D eigenvalue weighted by atomic mass is 32.2. The standard InChI is InChI=1S/C29H25N5O2S/c1-21-7-11-25(12-8-21)34-28(23-15-17-30-18-16-23)32-33-29(34)37-20-27(35)31-24-9-13-26(14-10-24)36-19-22-5-3-2-4-6-22/h2-18H,19-20H2,1H3,(H,31,35). The van der Waals surface area contributed by atoms with Gasteiger partial charge >= 0.3 is 0 Å². The molecule has 1 amide bonds. The van der Waals surface area contributed by atoms with Gasteiger partial charge in [-0.1, -0.05) is 59.8 Å². The number of hydrogen-bond acceptors (Lipinski definition) is 6. The molecular weight excluding hydrogens is 482 g/mol. The second-order valence-corrected chi connectivity index (χ2v) is 9.29. The zero-order valence-corrected chi connectivity index (χ0v) is 21.1. The third-order valence-electron chi connectivity index (χ3n) is 5.58. The van der Waals surface area contributed by atoms with Crippen molar-refractivity contribution in [2.24, 2.45) is 0 Å². The molecule has 37 heavy (non-hydrogen) atoms. The summed E-state index contributed by atoms with van der Waals surface area (Å²) in [6.45, 7) is 2.54. The highest BCUT2D eigenvalue weighted by Crippen LogP contribution is 2.28. The monoisotopic (exact) mass is 507 g/mol. The van der Waals surface area contributed by atoms with Crippen LogP contribution in [0.15, 0.2) is 109 Å². The lowest BCUT2D eigenvalue weighted by molar-refractivity contribution is -0.113. The molecule has 0 aliphatic rings. The number of hydrogen-bond donors (Lipinski definition) is 1. The third kappa shape index (κ3) is 6.23. The summed E-state index contributed by atoms with van der Waals surface area (Å²) in [6.07, 6.45) is 3.45. The first-order valence-corrected chi connectivity index (χ1v) is 12.8. The van der Waals surface area contributed by atoms with Crippen LogP contribution in [-0.4, -0.2) is 31.4 Å². The van der Waals surface area contributed by atoms with E-state index in [1.165, 1.54) is 11.8 Å². The number of pyridine rings is 1. The SMILES string of the molecule is Cc1ccc(-n2c(SCC(=O)Nc3ccc(OCc4ccccc4)cc3)nnc2-c2ccncc2)cc1. The second kappa shape index (κ2) is 11.5. The van der Waals surface area contributed by atoms with Gasteiger partial charge in [0.2, 0.25) is 5.91 Å². The van der Waals surface area contributed by atoms with Crippen molar-refractivity contribution >= 4 is 23.4 Å². The maximum absolute atomic E-state index is 12.7. The van der Waals surface area contributed by atoms with Crippen LogP contribution >= 0.6 is 11.8 Å². The van der Waals surface area contributed by atoms with Gasteiger partial charge in [-0.2, -0.15) is 0 Å². The van der Waals surface area contributed by atoms with Gasteiger partial charge in [0.25, 0.3) is 0 Å². The average Bonchev–Trinajstić information content (AvgIpc) is 3.37. The van der Waals surface area contributed by atoms with Crippen molar-refractivity contribution in [1.29, 1.82) is 0 Å². The summed E-state index contributed by atoms with van der Waals surface area (Å²) in [5, 5.41) is 12.4. The fourth-order valence-corrected chi connectivity index (χ4v) is 4.43. The van der Waals surface area contributed by atoms with Crippen molar-refractivity contribution in [2.75, 3.05) is 11.1 Å². The summed E-state index contributed by atoms with van der Waals surface area (Å²) in [6, 6.07) is 29.3. The number of anilines is 1. The maximum atomic E-state index is 12.7. The number of aromatic nitrogens is 4. The fourth-order valence-electron chi connectivity index (χ4n) is 3.68. The minimum atomic E-state index is -0.133. The van der Waals surface area contributed by atoms with Gasteiger partial charge in [0.05, 0.1) is 5.75 Å². The predicted octanol–water partition coefficient (Wildman–Crippen LogP) is 5.95. The molecular formula is C29H25N5O2S. The van der Waals surface area contributed by atoms with E-state index in [1.54, 1.807) is 12.4 Å². The van der Waals surface area contributed by atoms with E-state index in [1.807, 2.05) is 102 Å². The van der Waals surface area contributed by atoms with E-state index in [0.29, 0.717) is 23.3 Å². The molecule has 0 bridgehead atoms. The molecule has 0 aliphatic carbocycles. The molecule has 8 heteroatoms. The third-order valence-corrected chi connectivity index (χ3v) is 6.51. The Morgan fingerprint density at radius 3 is 2.35 bits per heavy atom. The van der Waals surface area contributed by atoms with Gasteiger partial charge in [0.15, 0.2) is 11.0 Å². The fraction of sp³-hybridized carbons (Fsp3) is 0.103. The first kappa shape index (κ1) is 24.3. The second-order valence-electron chi connectivity index (χ2n) is 8.35. The number of carbonyl (C=O) groups is 1. The van der Waals surface area contributed by atoms with E-state index in [-0.39, 0.29) is 11.7 Å². The Labute approximate surface area is 219 Å². The van der Waals surface area contributed by atoms with E-state index >= 15 is 0 Å². The Bertz CT molecular complexity index is 1450. The molecule has 7 nitrogen and oxygen atoms in total. The van der Waals surface area contributed by atoms with Crippen LogP contribution in [0.1, 0.15) is 11.1 Å². The van der Waals surface area contributed by atoms with Gasteiger partial charge in [-0.3, -0.25) is 14.3 Å². The van der Waals surface area contributed by atoms with E-state index in [0.717, 1.165) is 28.1 Å². The Morgan fingerprint density at radius 2 is 1.62 bits per heavy atom. The number of nitrogens with one attached hydrogen (secondary N) is 1. The highest BCUT2D eigenvalue weighted by molar-refractivity contribution is 7.99. The van der Waals surface area contributed by atoms with Crippen molar-refractivity contribution in [3.63, 3.8) is 0 Å². The van der Waals surface area contributed by atoms with E-state index in [4.69, 9.17) is 4.74 Å². The quantitative estimate of drug-likeness (QED) is 0.248.